The number of rotatable bonds is 2. The first-order chi connectivity index (χ1) is 11.1. The highest BCUT2D eigenvalue weighted by atomic mass is 16.6. The molecular formula is C18H27N3O3. The Morgan fingerprint density at radius 3 is 2.21 bits per heavy atom. The van der Waals surface area contributed by atoms with Crippen molar-refractivity contribution in [3.63, 3.8) is 0 Å². The van der Waals surface area contributed by atoms with Crippen molar-refractivity contribution in [2.45, 2.75) is 47.1 Å². The predicted molar refractivity (Wildman–Crippen MR) is 93.7 cm³/mol. The predicted octanol–water partition coefficient (Wildman–Crippen LogP) is 2.96. The van der Waals surface area contributed by atoms with E-state index in [9.17, 15) is 9.59 Å². The monoisotopic (exact) mass is 333 g/mol. The molecule has 0 atom stereocenters. The van der Waals surface area contributed by atoms with Gasteiger partial charge in [0.2, 0.25) is 0 Å². The van der Waals surface area contributed by atoms with Gasteiger partial charge in [0.25, 0.3) is 0 Å². The van der Waals surface area contributed by atoms with Gasteiger partial charge in [0.1, 0.15) is 11.4 Å². The molecule has 6 nitrogen and oxygen atoms in total. The Bertz CT molecular complexity index is 642. The zero-order valence-electron chi connectivity index (χ0n) is 15.5. The van der Waals surface area contributed by atoms with Crippen molar-refractivity contribution in [2.75, 3.05) is 31.1 Å². The normalized spacial score (nSPS) is 15.4. The van der Waals surface area contributed by atoms with Crippen LogP contribution in [-0.4, -0.2) is 53.5 Å². The van der Waals surface area contributed by atoms with Gasteiger partial charge in [-0.1, -0.05) is 0 Å². The van der Waals surface area contributed by atoms with E-state index in [2.05, 4.69) is 9.88 Å². The van der Waals surface area contributed by atoms with Crippen molar-refractivity contribution in [1.29, 1.82) is 0 Å². The van der Waals surface area contributed by atoms with Gasteiger partial charge >= 0.3 is 6.09 Å². The second kappa shape index (κ2) is 6.79. The van der Waals surface area contributed by atoms with E-state index >= 15 is 0 Å². The Morgan fingerprint density at radius 1 is 1.12 bits per heavy atom. The van der Waals surface area contributed by atoms with Gasteiger partial charge in [-0.25, -0.2) is 9.78 Å². The number of pyridine rings is 1. The number of carbonyl (C=O) groups is 2. The smallest absolute Gasteiger partial charge is 0.410 e. The molecule has 1 fully saturated rings. The van der Waals surface area contributed by atoms with E-state index in [0.29, 0.717) is 31.7 Å². The molecule has 1 amide bonds. The fraction of sp³-hybridized carbons (Fsp3) is 0.611. The molecule has 0 N–H and O–H groups in total. The number of Topliss-reactive ketones (excluding diaryl/α,β-unsaturated/α-hetero) is 1. The molecule has 24 heavy (non-hydrogen) atoms. The Balaban J connectivity index is 2.11. The number of anilines is 1. The Hall–Kier alpha value is -2.11. The van der Waals surface area contributed by atoms with E-state index in [4.69, 9.17) is 4.74 Å². The third-order valence-corrected chi connectivity index (χ3v) is 4.06. The van der Waals surface area contributed by atoms with Crippen LogP contribution in [-0.2, 0) is 4.74 Å². The van der Waals surface area contributed by atoms with Gasteiger partial charge in [-0.2, -0.15) is 0 Å². The largest absolute Gasteiger partial charge is 0.444 e. The number of carbonyl (C=O) groups excluding carboxylic acids is 2. The summed E-state index contributed by atoms with van der Waals surface area (Å²) in [6, 6.07) is 1.90. The van der Waals surface area contributed by atoms with Crippen LogP contribution >= 0.6 is 0 Å². The summed E-state index contributed by atoms with van der Waals surface area (Å²) in [4.78, 5) is 32.5. The second-order valence-corrected chi connectivity index (χ2v) is 7.27. The van der Waals surface area contributed by atoms with E-state index in [1.807, 2.05) is 40.7 Å². The molecule has 1 aliphatic heterocycles. The number of amides is 1. The quantitative estimate of drug-likeness (QED) is 0.779. The van der Waals surface area contributed by atoms with Crippen molar-refractivity contribution in [1.82, 2.24) is 9.88 Å². The first-order valence-corrected chi connectivity index (χ1v) is 8.30. The molecule has 2 heterocycles. The van der Waals surface area contributed by atoms with Crippen LogP contribution in [0, 0.1) is 13.8 Å². The standard InChI is InChI=1S/C18H27N3O3/c1-12-11-15(14(3)22)16(19-13(12)2)20-7-9-21(10-8-20)17(23)24-18(4,5)6/h11H,7-10H2,1-6H3. The number of aromatic nitrogens is 1. The molecule has 0 aliphatic carbocycles. The fourth-order valence-corrected chi connectivity index (χ4v) is 2.62. The Kier molecular flexibility index (Phi) is 5.16. The average Bonchev–Trinajstić information content (AvgIpc) is 2.48. The zero-order chi connectivity index (χ0) is 18.1. The maximum atomic E-state index is 12.1. The Labute approximate surface area is 143 Å². The minimum atomic E-state index is -0.494. The summed E-state index contributed by atoms with van der Waals surface area (Å²) < 4.78 is 5.41. The van der Waals surface area contributed by atoms with Crippen molar-refractivity contribution in [3.05, 3.63) is 22.9 Å². The average molecular weight is 333 g/mol. The van der Waals surface area contributed by atoms with Crippen molar-refractivity contribution >= 4 is 17.7 Å². The topological polar surface area (TPSA) is 62.7 Å². The van der Waals surface area contributed by atoms with Gasteiger partial charge < -0.3 is 14.5 Å². The van der Waals surface area contributed by atoms with Gasteiger partial charge in [0.15, 0.2) is 5.78 Å². The lowest BCUT2D eigenvalue weighted by Crippen LogP contribution is -2.50. The summed E-state index contributed by atoms with van der Waals surface area (Å²) in [7, 11) is 0. The summed E-state index contributed by atoms with van der Waals surface area (Å²) in [6.07, 6.45) is -0.290. The van der Waals surface area contributed by atoms with Crippen molar-refractivity contribution in [3.8, 4) is 0 Å². The van der Waals surface area contributed by atoms with Crippen molar-refractivity contribution in [2.24, 2.45) is 0 Å². The fourth-order valence-electron chi connectivity index (χ4n) is 2.62. The summed E-state index contributed by atoms with van der Waals surface area (Å²) in [5.74, 6) is 0.726. The minimum absolute atomic E-state index is 0.00942. The van der Waals surface area contributed by atoms with Gasteiger partial charge in [0.05, 0.1) is 5.56 Å². The number of aryl methyl sites for hydroxylation is 2. The third kappa shape index (κ3) is 4.24. The molecule has 2 rings (SSSR count). The van der Waals surface area contributed by atoms with Crippen LogP contribution in [0.1, 0.15) is 49.3 Å². The number of piperazine rings is 1. The number of hydrogen-bond donors (Lipinski definition) is 0. The van der Waals surface area contributed by atoms with E-state index in [1.54, 1.807) is 11.8 Å². The van der Waals surface area contributed by atoms with Gasteiger partial charge in [-0.3, -0.25) is 4.79 Å². The summed E-state index contributed by atoms with van der Waals surface area (Å²) in [5, 5.41) is 0. The molecule has 0 aromatic carbocycles. The zero-order valence-corrected chi connectivity index (χ0v) is 15.5. The molecule has 1 saturated heterocycles. The number of ketones is 1. The first kappa shape index (κ1) is 18.2. The number of hydrogen-bond acceptors (Lipinski definition) is 5. The minimum Gasteiger partial charge on any atom is -0.444 e. The molecule has 132 valence electrons. The highest BCUT2D eigenvalue weighted by Crippen LogP contribution is 2.23. The van der Waals surface area contributed by atoms with Crippen LogP contribution < -0.4 is 4.90 Å². The van der Waals surface area contributed by atoms with Gasteiger partial charge in [-0.05, 0) is 53.2 Å². The SMILES string of the molecule is CC(=O)c1cc(C)c(C)nc1N1CCN(C(=O)OC(C)(C)C)CC1. The number of ether oxygens (including phenoxy) is 1. The van der Waals surface area contributed by atoms with E-state index in [-0.39, 0.29) is 11.9 Å². The summed E-state index contributed by atoms with van der Waals surface area (Å²) in [5.41, 5.74) is 2.08. The van der Waals surface area contributed by atoms with Gasteiger partial charge in [0, 0.05) is 31.9 Å². The van der Waals surface area contributed by atoms with Crippen LogP contribution in [0.15, 0.2) is 6.07 Å². The highest BCUT2D eigenvalue weighted by Gasteiger charge is 2.27. The van der Waals surface area contributed by atoms with Crippen LogP contribution in [0.3, 0.4) is 0 Å². The molecule has 0 unspecified atom stereocenters. The lowest BCUT2D eigenvalue weighted by Gasteiger charge is -2.36. The molecule has 0 radical (unpaired) electrons. The van der Waals surface area contributed by atoms with Crippen LogP contribution in [0.25, 0.3) is 0 Å². The third-order valence-electron chi connectivity index (χ3n) is 4.06. The lowest BCUT2D eigenvalue weighted by atomic mass is 10.1. The molecular weight excluding hydrogens is 306 g/mol. The second-order valence-electron chi connectivity index (χ2n) is 7.27. The van der Waals surface area contributed by atoms with Crippen molar-refractivity contribution < 1.29 is 14.3 Å². The van der Waals surface area contributed by atoms with E-state index in [1.165, 1.54) is 0 Å². The van der Waals surface area contributed by atoms with E-state index in [0.717, 1.165) is 17.1 Å². The van der Waals surface area contributed by atoms with E-state index < -0.39 is 5.60 Å². The first-order valence-electron chi connectivity index (χ1n) is 8.30. The van der Waals surface area contributed by atoms with Crippen LogP contribution in [0.2, 0.25) is 0 Å². The van der Waals surface area contributed by atoms with Crippen LogP contribution in [0.4, 0.5) is 10.6 Å². The molecule has 1 aliphatic rings. The molecule has 6 heteroatoms. The highest BCUT2D eigenvalue weighted by molar-refractivity contribution is 5.99. The maximum absolute atomic E-state index is 12.1. The van der Waals surface area contributed by atoms with Gasteiger partial charge in [-0.15, -0.1) is 0 Å². The molecule has 0 saturated carbocycles. The molecule has 0 bridgehead atoms. The number of nitrogens with zero attached hydrogens (tertiary/aromatic N) is 3. The summed E-state index contributed by atoms with van der Waals surface area (Å²) in [6.45, 7) is 13.4. The molecule has 1 aromatic heterocycles. The van der Waals surface area contributed by atoms with Crippen LogP contribution in [0.5, 0.6) is 0 Å². The maximum Gasteiger partial charge on any atom is 0.410 e. The summed E-state index contributed by atoms with van der Waals surface area (Å²) >= 11 is 0. The lowest BCUT2D eigenvalue weighted by molar-refractivity contribution is 0.0240. The Morgan fingerprint density at radius 2 is 1.71 bits per heavy atom. The molecule has 1 aromatic rings. The molecule has 0 spiro atoms.